The Morgan fingerprint density at radius 3 is 2.61 bits per heavy atom. The van der Waals surface area contributed by atoms with Gasteiger partial charge in [-0.15, -0.1) is 0 Å². The Morgan fingerprint density at radius 2 is 2.00 bits per heavy atom. The summed E-state index contributed by atoms with van der Waals surface area (Å²) in [6.45, 7) is 0.0790. The van der Waals surface area contributed by atoms with Gasteiger partial charge in [0.2, 0.25) is 0 Å². The smallest absolute Gasteiger partial charge is 0.135 e. The van der Waals surface area contributed by atoms with E-state index in [1.807, 2.05) is 0 Å². The molecule has 2 rings (SSSR count). The first-order chi connectivity index (χ1) is 8.70. The number of rotatable bonds is 3. The van der Waals surface area contributed by atoms with Gasteiger partial charge in [0.1, 0.15) is 11.6 Å². The molecule has 0 aliphatic heterocycles. The molecule has 0 fully saturated rings. The number of hydrogen-bond donors (Lipinski definition) is 0. The molecular weight excluding hydrogens is 240 g/mol. The molecule has 0 amide bonds. The number of azide groups is 1. The van der Waals surface area contributed by atoms with E-state index in [-0.39, 0.29) is 17.8 Å². The highest BCUT2D eigenvalue weighted by molar-refractivity contribution is 5.59. The van der Waals surface area contributed by atoms with E-state index in [0.29, 0.717) is 5.69 Å². The Bertz CT molecular complexity index is 605. The molecule has 18 heavy (non-hydrogen) atoms. The van der Waals surface area contributed by atoms with Gasteiger partial charge in [0.05, 0.1) is 17.9 Å². The van der Waals surface area contributed by atoms with E-state index >= 15 is 0 Å². The zero-order valence-corrected chi connectivity index (χ0v) is 9.09. The minimum Gasteiger partial charge on any atom is -0.207 e. The van der Waals surface area contributed by atoms with Crippen molar-refractivity contribution in [1.29, 1.82) is 0 Å². The van der Waals surface area contributed by atoms with Gasteiger partial charge in [-0.2, -0.15) is 10.2 Å². The third-order valence-corrected chi connectivity index (χ3v) is 2.22. The fourth-order valence-corrected chi connectivity index (χ4v) is 1.39. The van der Waals surface area contributed by atoms with Crippen molar-refractivity contribution in [2.24, 2.45) is 5.11 Å². The summed E-state index contributed by atoms with van der Waals surface area (Å²) >= 11 is 0. The molecule has 0 radical (unpaired) electrons. The summed E-state index contributed by atoms with van der Waals surface area (Å²) in [5, 5.41) is 10.9. The molecule has 0 spiro atoms. The van der Waals surface area contributed by atoms with E-state index < -0.39 is 11.6 Å². The summed E-state index contributed by atoms with van der Waals surface area (Å²) in [6.07, 6.45) is 0. The second-order valence-corrected chi connectivity index (χ2v) is 3.42. The van der Waals surface area contributed by atoms with E-state index in [2.05, 4.69) is 20.2 Å². The summed E-state index contributed by atoms with van der Waals surface area (Å²) in [5.41, 5.74) is 9.07. The van der Waals surface area contributed by atoms with Crippen molar-refractivity contribution in [1.82, 2.24) is 10.2 Å². The third kappa shape index (κ3) is 2.58. The second kappa shape index (κ2) is 5.20. The highest BCUT2D eigenvalue weighted by Crippen LogP contribution is 2.20. The van der Waals surface area contributed by atoms with Crippen LogP contribution < -0.4 is 0 Å². The van der Waals surface area contributed by atoms with Gasteiger partial charge >= 0.3 is 0 Å². The molecule has 0 aliphatic rings. The summed E-state index contributed by atoms with van der Waals surface area (Å²) < 4.78 is 26.2. The van der Waals surface area contributed by atoms with E-state index in [4.69, 9.17) is 5.53 Å². The van der Waals surface area contributed by atoms with Crippen molar-refractivity contribution in [3.8, 4) is 11.3 Å². The molecule has 5 nitrogen and oxygen atoms in total. The van der Waals surface area contributed by atoms with Gasteiger partial charge in [-0.05, 0) is 29.8 Å². The van der Waals surface area contributed by atoms with Crippen LogP contribution in [0.15, 0.2) is 35.4 Å². The van der Waals surface area contributed by atoms with Crippen LogP contribution >= 0.6 is 0 Å². The fourth-order valence-electron chi connectivity index (χ4n) is 1.39. The number of halogens is 2. The van der Waals surface area contributed by atoms with Crippen LogP contribution in [0, 0.1) is 11.6 Å². The van der Waals surface area contributed by atoms with Gasteiger partial charge in [0, 0.05) is 16.5 Å². The van der Waals surface area contributed by atoms with Gasteiger partial charge in [-0.3, -0.25) is 0 Å². The highest BCUT2D eigenvalue weighted by Gasteiger charge is 2.08. The molecule has 2 aromatic rings. The topological polar surface area (TPSA) is 74.5 Å². The summed E-state index contributed by atoms with van der Waals surface area (Å²) in [4.78, 5) is 2.59. The monoisotopic (exact) mass is 247 g/mol. The van der Waals surface area contributed by atoms with E-state index in [1.165, 1.54) is 12.1 Å². The Hall–Kier alpha value is -2.53. The zero-order valence-electron chi connectivity index (χ0n) is 9.09. The molecule has 1 aromatic heterocycles. The second-order valence-electron chi connectivity index (χ2n) is 3.42. The lowest BCUT2D eigenvalue weighted by Gasteiger charge is -2.02. The standard InChI is InChI=1S/C11H7F2N5/c12-7-1-3-9(10(13)5-7)11-4-2-8(16-17-11)6-15-18-14/h1-5H,6H2. The number of benzene rings is 1. The van der Waals surface area contributed by atoms with Gasteiger partial charge in [-0.25, -0.2) is 8.78 Å². The Morgan fingerprint density at radius 1 is 1.17 bits per heavy atom. The van der Waals surface area contributed by atoms with E-state index in [0.717, 1.165) is 12.1 Å². The van der Waals surface area contributed by atoms with Crippen LogP contribution in [-0.4, -0.2) is 10.2 Å². The van der Waals surface area contributed by atoms with Crippen LogP contribution in [0.5, 0.6) is 0 Å². The van der Waals surface area contributed by atoms with Crippen molar-refractivity contribution in [3.63, 3.8) is 0 Å². The lowest BCUT2D eigenvalue weighted by atomic mass is 10.1. The molecule has 90 valence electrons. The van der Waals surface area contributed by atoms with Crippen LogP contribution in [0.3, 0.4) is 0 Å². The maximum absolute atomic E-state index is 13.5. The predicted molar refractivity (Wildman–Crippen MR) is 60.2 cm³/mol. The van der Waals surface area contributed by atoms with Crippen LogP contribution in [0.25, 0.3) is 21.7 Å². The molecule has 0 saturated carbocycles. The number of hydrogen-bond acceptors (Lipinski definition) is 3. The summed E-state index contributed by atoms with van der Waals surface area (Å²) in [5.74, 6) is -1.35. The van der Waals surface area contributed by atoms with Gasteiger partial charge < -0.3 is 0 Å². The Labute approximate surface area is 101 Å². The molecule has 0 bridgehead atoms. The quantitative estimate of drug-likeness (QED) is 0.474. The first kappa shape index (κ1) is 11.9. The van der Waals surface area contributed by atoms with Crippen molar-refractivity contribution in [2.75, 3.05) is 0 Å². The average molecular weight is 247 g/mol. The fraction of sp³-hybridized carbons (Fsp3) is 0.0909. The number of nitrogens with zero attached hydrogens (tertiary/aromatic N) is 5. The lowest BCUT2D eigenvalue weighted by molar-refractivity contribution is 0.585. The number of aromatic nitrogens is 2. The van der Waals surface area contributed by atoms with Crippen molar-refractivity contribution in [3.05, 3.63) is 58.1 Å². The van der Waals surface area contributed by atoms with E-state index in [1.54, 1.807) is 6.07 Å². The van der Waals surface area contributed by atoms with Crippen LogP contribution in [-0.2, 0) is 6.54 Å². The maximum atomic E-state index is 13.5. The minimum absolute atomic E-state index is 0.0790. The summed E-state index contributed by atoms with van der Waals surface area (Å²) in [7, 11) is 0. The normalized spacial score (nSPS) is 9.89. The van der Waals surface area contributed by atoms with Gasteiger partial charge in [0.25, 0.3) is 0 Å². The maximum Gasteiger partial charge on any atom is 0.135 e. The Balaban J connectivity index is 2.31. The average Bonchev–Trinajstić information content (AvgIpc) is 2.37. The molecule has 1 aromatic carbocycles. The molecule has 0 atom stereocenters. The van der Waals surface area contributed by atoms with Crippen LogP contribution in [0.2, 0.25) is 0 Å². The molecule has 1 heterocycles. The molecule has 0 saturated heterocycles. The first-order valence-electron chi connectivity index (χ1n) is 4.99. The molecule has 7 heteroatoms. The molecule has 0 unspecified atom stereocenters. The highest BCUT2D eigenvalue weighted by atomic mass is 19.1. The van der Waals surface area contributed by atoms with Gasteiger partial charge in [-0.1, -0.05) is 5.11 Å². The third-order valence-electron chi connectivity index (χ3n) is 2.22. The first-order valence-corrected chi connectivity index (χ1v) is 4.99. The summed E-state index contributed by atoms with van der Waals surface area (Å²) in [6, 6.07) is 6.33. The van der Waals surface area contributed by atoms with Crippen molar-refractivity contribution in [2.45, 2.75) is 6.54 Å². The lowest BCUT2D eigenvalue weighted by Crippen LogP contribution is -1.95. The predicted octanol–water partition coefficient (Wildman–Crippen LogP) is 3.23. The van der Waals surface area contributed by atoms with Gasteiger partial charge in [0.15, 0.2) is 0 Å². The Kier molecular flexibility index (Phi) is 3.45. The molecular formula is C11H7F2N5. The van der Waals surface area contributed by atoms with Crippen LogP contribution in [0.1, 0.15) is 5.69 Å². The van der Waals surface area contributed by atoms with E-state index in [9.17, 15) is 8.78 Å². The zero-order chi connectivity index (χ0) is 13.0. The van der Waals surface area contributed by atoms with Crippen molar-refractivity contribution < 1.29 is 8.78 Å². The van der Waals surface area contributed by atoms with Crippen LogP contribution in [0.4, 0.5) is 8.78 Å². The molecule has 0 aliphatic carbocycles. The minimum atomic E-state index is -0.702. The SMILES string of the molecule is [N-]=[N+]=NCc1ccc(-c2ccc(F)cc2F)nn1. The van der Waals surface area contributed by atoms with Crippen molar-refractivity contribution >= 4 is 0 Å². The molecule has 0 N–H and O–H groups in total. The largest absolute Gasteiger partial charge is 0.207 e.